The Balaban J connectivity index is 1.53. The van der Waals surface area contributed by atoms with E-state index in [1.807, 2.05) is 24.3 Å². The summed E-state index contributed by atoms with van der Waals surface area (Å²) >= 11 is 1.66. The van der Waals surface area contributed by atoms with Crippen LogP contribution in [-0.4, -0.2) is 22.4 Å². The maximum absolute atomic E-state index is 12.2. The molecular formula is C16H12F2N2O2S2. The fourth-order valence-corrected chi connectivity index (χ4v) is 3.09. The van der Waals surface area contributed by atoms with Crippen molar-refractivity contribution in [2.24, 2.45) is 0 Å². The Morgan fingerprint density at radius 2 is 1.92 bits per heavy atom. The number of oxazole rings is 1. The number of alkyl halides is 2. The molecule has 0 saturated heterocycles. The van der Waals surface area contributed by atoms with Crippen LogP contribution in [0.15, 0.2) is 63.1 Å². The molecule has 0 bridgehead atoms. The van der Waals surface area contributed by atoms with Crippen molar-refractivity contribution in [3.8, 4) is 0 Å². The Morgan fingerprint density at radius 3 is 2.62 bits per heavy atom. The van der Waals surface area contributed by atoms with Gasteiger partial charge in [0.2, 0.25) is 5.91 Å². The number of nitrogens with one attached hydrogen (secondary N) is 1. The Kier molecular flexibility index (Phi) is 5.37. The van der Waals surface area contributed by atoms with Gasteiger partial charge in [0.05, 0.1) is 5.75 Å². The molecule has 0 aliphatic rings. The fourth-order valence-electron chi connectivity index (χ4n) is 1.96. The summed E-state index contributed by atoms with van der Waals surface area (Å²) in [5.74, 6) is -2.55. The van der Waals surface area contributed by atoms with Crippen LogP contribution in [0.3, 0.4) is 0 Å². The van der Waals surface area contributed by atoms with Gasteiger partial charge in [-0.2, -0.15) is 8.78 Å². The molecule has 1 aromatic heterocycles. The van der Waals surface area contributed by atoms with E-state index in [9.17, 15) is 13.6 Å². The Labute approximate surface area is 145 Å². The first-order valence-electron chi connectivity index (χ1n) is 6.93. The molecule has 3 rings (SSSR count). The summed E-state index contributed by atoms with van der Waals surface area (Å²) in [5.41, 5.74) is 1.97. The molecule has 0 aliphatic heterocycles. The predicted octanol–water partition coefficient (Wildman–Crippen LogP) is 4.87. The number of halogens is 2. The summed E-state index contributed by atoms with van der Waals surface area (Å²) in [6.45, 7) is 0. The molecule has 0 aliphatic carbocycles. The molecule has 124 valence electrons. The van der Waals surface area contributed by atoms with Gasteiger partial charge in [-0.3, -0.25) is 4.79 Å². The lowest BCUT2D eigenvalue weighted by molar-refractivity contribution is -0.113. The molecule has 0 unspecified atom stereocenters. The molecule has 0 spiro atoms. The standard InChI is InChI=1S/C16H12F2N2O2S2/c17-15(18)24-11-7-5-10(6-8-11)19-14(21)9-23-16-20-12-3-1-2-4-13(12)22-16/h1-8,15H,9H2,(H,19,21). The molecule has 24 heavy (non-hydrogen) atoms. The van der Waals surface area contributed by atoms with Gasteiger partial charge in [0.1, 0.15) is 5.52 Å². The summed E-state index contributed by atoms with van der Waals surface area (Å²) in [4.78, 5) is 16.7. The van der Waals surface area contributed by atoms with Crippen molar-refractivity contribution in [2.75, 3.05) is 11.1 Å². The average Bonchev–Trinajstić information content (AvgIpc) is 2.97. The van der Waals surface area contributed by atoms with E-state index in [4.69, 9.17) is 4.42 Å². The second-order valence-corrected chi connectivity index (χ2v) is 6.68. The first kappa shape index (κ1) is 16.8. The monoisotopic (exact) mass is 366 g/mol. The summed E-state index contributed by atoms with van der Waals surface area (Å²) in [7, 11) is 0. The topological polar surface area (TPSA) is 55.1 Å². The lowest BCUT2D eigenvalue weighted by atomic mass is 10.3. The van der Waals surface area contributed by atoms with Crippen LogP contribution in [0.5, 0.6) is 0 Å². The second kappa shape index (κ2) is 7.67. The van der Waals surface area contributed by atoms with Crippen LogP contribution in [-0.2, 0) is 4.79 Å². The molecule has 1 heterocycles. The SMILES string of the molecule is O=C(CSc1nc2ccccc2o1)Nc1ccc(SC(F)F)cc1. The smallest absolute Gasteiger partial charge is 0.288 e. The number of fused-ring (bicyclic) bond motifs is 1. The molecule has 8 heteroatoms. The normalized spacial score (nSPS) is 11.1. The first-order chi connectivity index (χ1) is 11.6. The maximum atomic E-state index is 12.2. The molecule has 0 saturated carbocycles. The number of benzene rings is 2. The highest BCUT2D eigenvalue weighted by molar-refractivity contribution is 7.99. The van der Waals surface area contributed by atoms with Crippen molar-refractivity contribution in [3.05, 3.63) is 48.5 Å². The molecule has 3 aromatic rings. The van der Waals surface area contributed by atoms with E-state index in [0.717, 1.165) is 5.52 Å². The second-order valence-electron chi connectivity index (χ2n) is 4.69. The lowest BCUT2D eigenvalue weighted by Gasteiger charge is -2.05. The zero-order chi connectivity index (χ0) is 16.9. The van der Waals surface area contributed by atoms with Crippen molar-refractivity contribution in [1.29, 1.82) is 0 Å². The van der Waals surface area contributed by atoms with Gasteiger partial charge in [0, 0.05) is 10.6 Å². The lowest BCUT2D eigenvalue weighted by Crippen LogP contribution is -2.13. The van der Waals surface area contributed by atoms with Crippen LogP contribution < -0.4 is 5.32 Å². The molecule has 0 fully saturated rings. The van der Waals surface area contributed by atoms with Crippen molar-refractivity contribution in [2.45, 2.75) is 15.9 Å². The molecule has 4 nitrogen and oxygen atoms in total. The zero-order valence-electron chi connectivity index (χ0n) is 12.2. The highest BCUT2D eigenvalue weighted by Gasteiger charge is 2.10. The zero-order valence-corrected chi connectivity index (χ0v) is 13.9. The summed E-state index contributed by atoms with van der Waals surface area (Å²) in [6, 6.07) is 13.6. The van der Waals surface area contributed by atoms with Crippen LogP contribution in [0.2, 0.25) is 0 Å². The predicted molar refractivity (Wildman–Crippen MR) is 91.7 cm³/mol. The van der Waals surface area contributed by atoms with E-state index in [-0.39, 0.29) is 11.7 Å². The summed E-state index contributed by atoms with van der Waals surface area (Å²) < 4.78 is 30.0. The van der Waals surface area contributed by atoms with Crippen molar-refractivity contribution < 1.29 is 18.0 Å². The number of carbonyl (C=O) groups is 1. The highest BCUT2D eigenvalue weighted by atomic mass is 32.2. The van der Waals surface area contributed by atoms with Gasteiger partial charge < -0.3 is 9.73 Å². The Bertz CT molecular complexity index is 804. The number of nitrogens with zero attached hydrogens (tertiary/aromatic N) is 1. The van der Waals surface area contributed by atoms with Gasteiger partial charge in [-0.15, -0.1) is 0 Å². The molecule has 1 amide bonds. The molecule has 2 aromatic carbocycles. The minimum Gasteiger partial charge on any atom is -0.431 e. The molecule has 1 N–H and O–H groups in total. The largest absolute Gasteiger partial charge is 0.431 e. The van der Waals surface area contributed by atoms with Gasteiger partial charge in [-0.05, 0) is 36.4 Å². The van der Waals surface area contributed by atoms with Crippen molar-refractivity contribution >= 4 is 46.2 Å². The van der Waals surface area contributed by atoms with E-state index >= 15 is 0 Å². The first-order valence-corrected chi connectivity index (χ1v) is 8.80. The quantitative estimate of drug-likeness (QED) is 0.631. The number of anilines is 1. The number of hydrogen-bond donors (Lipinski definition) is 1. The maximum Gasteiger partial charge on any atom is 0.288 e. The van der Waals surface area contributed by atoms with Crippen LogP contribution >= 0.6 is 23.5 Å². The summed E-state index contributed by atoms with van der Waals surface area (Å²) in [5, 5.41) is 3.13. The van der Waals surface area contributed by atoms with Gasteiger partial charge in [0.25, 0.3) is 11.0 Å². The summed E-state index contributed by atoms with van der Waals surface area (Å²) in [6.07, 6.45) is 0. The Morgan fingerprint density at radius 1 is 1.17 bits per heavy atom. The fraction of sp³-hybridized carbons (Fsp3) is 0.125. The number of thioether (sulfide) groups is 2. The van der Waals surface area contributed by atoms with Gasteiger partial charge >= 0.3 is 0 Å². The minimum absolute atomic E-state index is 0.139. The van der Waals surface area contributed by atoms with E-state index in [1.165, 1.54) is 11.8 Å². The van der Waals surface area contributed by atoms with Crippen LogP contribution in [0.25, 0.3) is 11.1 Å². The number of amides is 1. The Hall–Kier alpha value is -2.06. The van der Waals surface area contributed by atoms with Crippen LogP contribution in [0, 0.1) is 0 Å². The number of rotatable bonds is 6. The van der Waals surface area contributed by atoms with Gasteiger partial charge in [-0.1, -0.05) is 35.7 Å². The van der Waals surface area contributed by atoms with Crippen molar-refractivity contribution in [1.82, 2.24) is 4.98 Å². The minimum atomic E-state index is -2.46. The van der Waals surface area contributed by atoms with Crippen molar-refractivity contribution in [3.63, 3.8) is 0 Å². The average molecular weight is 366 g/mol. The highest BCUT2D eigenvalue weighted by Crippen LogP contribution is 2.26. The third-order valence-corrected chi connectivity index (χ3v) is 4.51. The van der Waals surface area contributed by atoms with Crippen LogP contribution in [0.4, 0.5) is 14.5 Å². The van der Waals surface area contributed by atoms with E-state index in [2.05, 4.69) is 10.3 Å². The van der Waals surface area contributed by atoms with E-state index in [1.54, 1.807) is 24.3 Å². The number of carbonyl (C=O) groups excluding carboxylic acids is 1. The van der Waals surface area contributed by atoms with E-state index in [0.29, 0.717) is 33.2 Å². The third kappa shape index (κ3) is 4.48. The van der Waals surface area contributed by atoms with Gasteiger partial charge in [0.15, 0.2) is 5.58 Å². The molecule has 0 radical (unpaired) electrons. The van der Waals surface area contributed by atoms with Gasteiger partial charge in [-0.25, -0.2) is 4.98 Å². The third-order valence-electron chi connectivity index (χ3n) is 2.96. The number of hydrogen-bond acceptors (Lipinski definition) is 5. The molecular weight excluding hydrogens is 354 g/mol. The number of aromatic nitrogens is 1. The van der Waals surface area contributed by atoms with Crippen LogP contribution in [0.1, 0.15) is 0 Å². The van der Waals surface area contributed by atoms with E-state index < -0.39 is 5.76 Å². The molecule has 0 atom stereocenters. The number of para-hydroxylation sites is 2.